The summed E-state index contributed by atoms with van der Waals surface area (Å²) < 4.78 is 11.9. The zero-order chi connectivity index (χ0) is 22.7. The minimum absolute atomic E-state index is 0.0278. The second kappa shape index (κ2) is 9.65. The standard InChI is InChI=1S/C27H32N2O4/c30-25(17-21-7-3-1-4-8-21)28-13-16-33-27(20-28)24(23-9-5-2-6-10-23)19-29(26(27)31)18-22-11-14-32-15-12-22/h1-10,22,24H,11-20H2/t24-,27-/m1/s1. The van der Waals surface area contributed by atoms with Crippen LogP contribution in [0.1, 0.15) is 29.9 Å². The Balaban J connectivity index is 1.39. The van der Waals surface area contributed by atoms with E-state index in [2.05, 4.69) is 12.1 Å². The number of likely N-dealkylation sites (tertiary alicyclic amines) is 1. The molecule has 0 saturated carbocycles. The van der Waals surface area contributed by atoms with Crippen LogP contribution in [-0.4, -0.2) is 73.2 Å². The van der Waals surface area contributed by atoms with Crippen molar-refractivity contribution in [3.8, 4) is 0 Å². The molecule has 0 unspecified atom stereocenters. The van der Waals surface area contributed by atoms with Gasteiger partial charge in [0, 0.05) is 38.8 Å². The van der Waals surface area contributed by atoms with E-state index < -0.39 is 5.60 Å². The van der Waals surface area contributed by atoms with E-state index in [-0.39, 0.29) is 17.7 Å². The third-order valence-corrected chi connectivity index (χ3v) is 7.33. The molecule has 2 aromatic rings. The first kappa shape index (κ1) is 22.1. The molecule has 2 amide bonds. The molecule has 1 spiro atoms. The van der Waals surface area contributed by atoms with Crippen LogP contribution in [-0.2, 0) is 25.5 Å². The number of carbonyl (C=O) groups excluding carboxylic acids is 2. The molecule has 3 aliphatic heterocycles. The summed E-state index contributed by atoms with van der Waals surface area (Å²) >= 11 is 0. The summed E-state index contributed by atoms with van der Waals surface area (Å²) in [6, 6.07) is 19.9. The van der Waals surface area contributed by atoms with E-state index in [4.69, 9.17) is 9.47 Å². The summed E-state index contributed by atoms with van der Waals surface area (Å²) in [4.78, 5) is 30.9. The molecule has 3 heterocycles. The number of ether oxygens (including phenoxy) is 2. The van der Waals surface area contributed by atoms with Gasteiger partial charge in [-0.25, -0.2) is 0 Å². The predicted octanol–water partition coefficient (Wildman–Crippen LogP) is 2.88. The molecular weight excluding hydrogens is 416 g/mol. The molecular formula is C27H32N2O4. The zero-order valence-corrected chi connectivity index (χ0v) is 19.0. The van der Waals surface area contributed by atoms with Crippen LogP contribution in [0.2, 0.25) is 0 Å². The van der Waals surface area contributed by atoms with Gasteiger partial charge < -0.3 is 19.3 Å². The number of hydrogen-bond donors (Lipinski definition) is 0. The smallest absolute Gasteiger partial charge is 0.257 e. The summed E-state index contributed by atoms with van der Waals surface area (Å²) in [6.45, 7) is 4.08. The van der Waals surface area contributed by atoms with Gasteiger partial charge >= 0.3 is 0 Å². The number of morpholine rings is 1. The van der Waals surface area contributed by atoms with Crippen molar-refractivity contribution in [1.29, 1.82) is 0 Å². The van der Waals surface area contributed by atoms with Crippen molar-refractivity contribution < 1.29 is 19.1 Å². The predicted molar refractivity (Wildman–Crippen MR) is 125 cm³/mol. The Morgan fingerprint density at radius 1 is 0.970 bits per heavy atom. The number of nitrogens with zero attached hydrogens (tertiary/aromatic N) is 2. The van der Waals surface area contributed by atoms with Gasteiger partial charge in [0.1, 0.15) is 0 Å². The Kier molecular flexibility index (Phi) is 6.47. The van der Waals surface area contributed by atoms with Gasteiger partial charge in [-0.3, -0.25) is 9.59 Å². The largest absolute Gasteiger partial charge is 0.381 e. The van der Waals surface area contributed by atoms with Gasteiger partial charge in [-0.1, -0.05) is 60.7 Å². The van der Waals surface area contributed by atoms with Gasteiger partial charge in [-0.15, -0.1) is 0 Å². The molecule has 0 radical (unpaired) electrons. The molecule has 2 aromatic carbocycles. The van der Waals surface area contributed by atoms with Crippen LogP contribution in [0.4, 0.5) is 0 Å². The molecule has 5 rings (SSSR count). The highest BCUT2D eigenvalue weighted by atomic mass is 16.5. The Morgan fingerprint density at radius 3 is 2.39 bits per heavy atom. The van der Waals surface area contributed by atoms with Gasteiger partial charge in [-0.2, -0.15) is 0 Å². The quantitative estimate of drug-likeness (QED) is 0.706. The fraction of sp³-hybridized carbons (Fsp3) is 0.481. The van der Waals surface area contributed by atoms with Crippen molar-refractivity contribution >= 4 is 11.8 Å². The van der Waals surface area contributed by atoms with Crippen molar-refractivity contribution in [1.82, 2.24) is 9.80 Å². The van der Waals surface area contributed by atoms with E-state index in [1.54, 1.807) is 0 Å². The molecule has 3 saturated heterocycles. The summed E-state index contributed by atoms with van der Waals surface area (Å²) in [5, 5.41) is 0. The second-order valence-electron chi connectivity index (χ2n) is 9.44. The molecule has 3 fully saturated rings. The monoisotopic (exact) mass is 448 g/mol. The van der Waals surface area contributed by atoms with E-state index >= 15 is 0 Å². The Morgan fingerprint density at radius 2 is 1.67 bits per heavy atom. The molecule has 174 valence electrons. The maximum atomic E-state index is 13.9. The van der Waals surface area contributed by atoms with Crippen molar-refractivity contribution in [2.45, 2.75) is 30.8 Å². The minimum Gasteiger partial charge on any atom is -0.381 e. The first-order valence-corrected chi connectivity index (χ1v) is 12.0. The van der Waals surface area contributed by atoms with Crippen LogP contribution < -0.4 is 0 Å². The lowest BCUT2D eigenvalue weighted by molar-refractivity contribution is -0.167. The van der Waals surface area contributed by atoms with E-state index in [1.807, 2.05) is 58.3 Å². The van der Waals surface area contributed by atoms with Crippen molar-refractivity contribution in [2.24, 2.45) is 5.92 Å². The third-order valence-electron chi connectivity index (χ3n) is 7.33. The van der Waals surface area contributed by atoms with Crippen LogP contribution >= 0.6 is 0 Å². The fourth-order valence-corrected chi connectivity index (χ4v) is 5.51. The van der Waals surface area contributed by atoms with E-state index in [0.717, 1.165) is 43.7 Å². The van der Waals surface area contributed by atoms with Crippen LogP contribution in [0.3, 0.4) is 0 Å². The molecule has 2 atom stereocenters. The van der Waals surface area contributed by atoms with E-state index in [1.165, 1.54) is 0 Å². The molecule has 0 aromatic heterocycles. The third kappa shape index (κ3) is 4.55. The lowest BCUT2D eigenvalue weighted by Gasteiger charge is -2.42. The second-order valence-corrected chi connectivity index (χ2v) is 9.44. The van der Waals surface area contributed by atoms with E-state index in [0.29, 0.717) is 38.6 Å². The first-order chi connectivity index (χ1) is 16.2. The Hall–Kier alpha value is -2.70. The molecule has 33 heavy (non-hydrogen) atoms. The first-order valence-electron chi connectivity index (χ1n) is 12.0. The SMILES string of the molecule is O=C(Cc1ccccc1)N1CCO[C@@]2(C1)C(=O)N(CC1CCOCC1)C[C@@H]2c1ccccc1. The van der Waals surface area contributed by atoms with Crippen molar-refractivity contribution in [3.05, 3.63) is 71.8 Å². The van der Waals surface area contributed by atoms with Crippen LogP contribution in [0.15, 0.2) is 60.7 Å². The zero-order valence-electron chi connectivity index (χ0n) is 19.0. The Bertz CT molecular complexity index is 961. The summed E-state index contributed by atoms with van der Waals surface area (Å²) in [5.74, 6) is 0.429. The lowest BCUT2D eigenvalue weighted by atomic mass is 9.83. The summed E-state index contributed by atoms with van der Waals surface area (Å²) in [6.07, 6.45) is 2.30. The minimum atomic E-state index is -1.02. The van der Waals surface area contributed by atoms with Gasteiger partial charge in [-0.05, 0) is 29.9 Å². The van der Waals surface area contributed by atoms with Gasteiger partial charge in [0.25, 0.3) is 5.91 Å². The van der Waals surface area contributed by atoms with Gasteiger partial charge in [0.2, 0.25) is 5.91 Å². The highest BCUT2D eigenvalue weighted by molar-refractivity contribution is 5.91. The van der Waals surface area contributed by atoms with Crippen LogP contribution in [0.5, 0.6) is 0 Å². The van der Waals surface area contributed by atoms with Crippen molar-refractivity contribution in [2.75, 3.05) is 46.0 Å². The molecule has 0 bridgehead atoms. The van der Waals surface area contributed by atoms with Crippen LogP contribution in [0, 0.1) is 5.92 Å². The number of rotatable bonds is 5. The highest BCUT2D eigenvalue weighted by Crippen LogP contribution is 2.42. The average molecular weight is 449 g/mol. The number of hydrogen-bond acceptors (Lipinski definition) is 4. The van der Waals surface area contributed by atoms with Crippen LogP contribution in [0.25, 0.3) is 0 Å². The van der Waals surface area contributed by atoms with Gasteiger partial charge in [0.15, 0.2) is 5.60 Å². The van der Waals surface area contributed by atoms with Gasteiger partial charge in [0.05, 0.1) is 19.6 Å². The molecule has 3 aliphatic rings. The number of amides is 2. The molecule has 6 nitrogen and oxygen atoms in total. The highest BCUT2D eigenvalue weighted by Gasteiger charge is 2.58. The fourth-order valence-electron chi connectivity index (χ4n) is 5.51. The van der Waals surface area contributed by atoms with E-state index in [9.17, 15) is 9.59 Å². The molecule has 6 heteroatoms. The Labute approximate surface area is 195 Å². The van der Waals surface area contributed by atoms with Crippen molar-refractivity contribution in [3.63, 3.8) is 0 Å². The lowest BCUT2D eigenvalue weighted by Crippen LogP contribution is -2.59. The summed E-state index contributed by atoms with van der Waals surface area (Å²) in [7, 11) is 0. The maximum absolute atomic E-state index is 13.9. The summed E-state index contributed by atoms with van der Waals surface area (Å²) in [5.41, 5.74) is 1.07. The maximum Gasteiger partial charge on any atom is 0.257 e. The average Bonchev–Trinajstić information content (AvgIpc) is 3.11. The normalized spacial score (nSPS) is 26.2. The topological polar surface area (TPSA) is 59.1 Å². The molecule has 0 N–H and O–H groups in total. The number of benzene rings is 2. The molecule has 0 aliphatic carbocycles. The number of carbonyl (C=O) groups is 2.